The van der Waals surface area contributed by atoms with Crippen molar-refractivity contribution in [2.24, 2.45) is 0 Å². The Hall–Kier alpha value is -4.27. The average molecular weight is 447 g/mol. The highest BCUT2D eigenvalue weighted by atomic mass is 16.4. The summed E-state index contributed by atoms with van der Waals surface area (Å²) in [5.41, 5.74) is -0.573. The van der Waals surface area contributed by atoms with Crippen LogP contribution < -0.4 is 16.1 Å². The van der Waals surface area contributed by atoms with Gasteiger partial charge in [-0.3, -0.25) is 24.3 Å². The molecule has 0 radical (unpaired) electrons. The number of rotatable bonds is 4. The average Bonchev–Trinajstić information content (AvgIpc) is 2.80. The summed E-state index contributed by atoms with van der Waals surface area (Å²) in [6.45, 7) is 1.88. The van der Waals surface area contributed by atoms with E-state index in [0.29, 0.717) is 18.5 Å². The van der Waals surface area contributed by atoms with Crippen molar-refractivity contribution in [3.05, 3.63) is 76.1 Å². The van der Waals surface area contributed by atoms with E-state index in [-0.39, 0.29) is 29.1 Å². The molecule has 1 saturated heterocycles. The van der Waals surface area contributed by atoms with Gasteiger partial charge in [0.1, 0.15) is 5.56 Å². The van der Waals surface area contributed by atoms with Gasteiger partial charge in [-0.25, -0.2) is 9.59 Å². The molecule has 33 heavy (non-hydrogen) atoms. The number of aromatic carboxylic acids is 1. The van der Waals surface area contributed by atoms with E-state index >= 15 is 0 Å². The van der Waals surface area contributed by atoms with E-state index in [4.69, 9.17) is 0 Å². The van der Waals surface area contributed by atoms with Crippen LogP contribution in [0.15, 0.2) is 59.5 Å². The highest BCUT2D eigenvalue weighted by molar-refractivity contribution is 6.04. The van der Waals surface area contributed by atoms with E-state index < -0.39 is 28.4 Å². The van der Waals surface area contributed by atoms with Crippen molar-refractivity contribution in [2.75, 3.05) is 5.32 Å². The molecule has 0 aliphatic carbocycles. The fourth-order valence-electron chi connectivity index (χ4n) is 4.22. The zero-order valence-electron chi connectivity index (χ0n) is 17.8. The lowest BCUT2D eigenvalue weighted by Crippen LogP contribution is -2.51. The quantitative estimate of drug-likeness (QED) is 0.527. The zero-order valence-corrected chi connectivity index (χ0v) is 17.8. The van der Waals surface area contributed by atoms with E-state index in [1.54, 1.807) is 42.5 Å². The number of pyridine rings is 1. The van der Waals surface area contributed by atoms with Crippen molar-refractivity contribution in [3.8, 4) is 0 Å². The highest BCUT2D eigenvalue weighted by Gasteiger charge is 2.42. The Morgan fingerprint density at radius 1 is 1.09 bits per heavy atom. The lowest BCUT2D eigenvalue weighted by atomic mass is 9.72. The first-order valence-electron chi connectivity index (χ1n) is 10.4. The number of para-hydroxylation sites is 1. The van der Waals surface area contributed by atoms with Gasteiger partial charge in [-0.05, 0) is 42.7 Å². The molecule has 2 heterocycles. The number of carboxylic acids is 1. The summed E-state index contributed by atoms with van der Waals surface area (Å²) in [4.78, 5) is 61.0. The minimum Gasteiger partial charge on any atom is -0.477 e. The van der Waals surface area contributed by atoms with Crippen LogP contribution in [-0.2, 0) is 15.0 Å². The van der Waals surface area contributed by atoms with Gasteiger partial charge in [0, 0.05) is 23.7 Å². The number of nitrogens with one attached hydrogen (secondary N) is 2. The third-order valence-corrected chi connectivity index (χ3v) is 6.12. The van der Waals surface area contributed by atoms with Crippen molar-refractivity contribution in [2.45, 2.75) is 31.6 Å². The summed E-state index contributed by atoms with van der Waals surface area (Å²) < 4.78 is 1.09. The Morgan fingerprint density at radius 2 is 1.79 bits per heavy atom. The molecule has 0 bridgehead atoms. The molecule has 1 aliphatic heterocycles. The van der Waals surface area contributed by atoms with Gasteiger partial charge >= 0.3 is 12.0 Å². The lowest BCUT2D eigenvalue weighted by molar-refractivity contribution is -0.138. The second-order valence-electron chi connectivity index (χ2n) is 7.88. The highest BCUT2D eigenvalue weighted by Crippen LogP contribution is 2.36. The smallest absolute Gasteiger partial charge is 0.341 e. The van der Waals surface area contributed by atoms with Crippen molar-refractivity contribution >= 4 is 40.4 Å². The molecule has 9 heteroatoms. The van der Waals surface area contributed by atoms with Crippen LogP contribution in [0.3, 0.4) is 0 Å². The molecule has 1 aliphatic rings. The van der Waals surface area contributed by atoms with E-state index in [9.17, 15) is 29.1 Å². The standard InChI is InChI=1S/C24H21N3O6/c1-2-24(12-11-19(28)26-22(24)32)14-7-9-15(10-8-14)25-23(33)27-13-17(21(30)31)20(29)16-5-3-4-6-18(16)27/h3-10,13H,2,11-12H2,1H3,(H,25,33)(H,30,31)(H,26,28,32). The molecular formula is C24H21N3O6. The number of carbonyl (C=O) groups is 4. The predicted octanol–water partition coefficient (Wildman–Crippen LogP) is 2.86. The third kappa shape index (κ3) is 3.78. The molecule has 168 valence electrons. The van der Waals surface area contributed by atoms with Gasteiger partial charge in [0.2, 0.25) is 17.2 Å². The number of anilines is 1. The van der Waals surface area contributed by atoms with E-state index in [2.05, 4.69) is 10.6 Å². The van der Waals surface area contributed by atoms with E-state index in [1.165, 1.54) is 6.07 Å². The molecule has 3 amide bonds. The molecule has 1 unspecified atom stereocenters. The Morgan fingerprint density at radius 3 is 2.42 bits per heavy atom. The number of hydrogen-bond donors (Lipinski definition) is 3. The van der Waals surface area contributed by atoms with E-state index in [0.717, 1.165) is 16.3 Å². The zero-order chi connectivity index (χ0) is 23.8. The summed E-state index contributed by atoms with van der Waals surface area (Å²) >= 11 is 0. The van der Waals surface area contributed by atoms with Crippen molar-refractivity contribution in [1.29, 1.82) is 0 Å². The Labute approximate surface area is 188 Å². The van der Waals surface area contributed by atoms with Gasteiger partial charge in [-0.2, -0.15) is 0 Å². The van der Waals surface area contributed by atoms with Gasteiger partial charge in [-0.15, -0.1) is 0 Å². The van der Waals surface area contributed by atoms with Gasteiger partial charge in [-0.1, -0.05) is 31.2 Å². The van der Waals surface area contributed by atoms with Crippen LogP contribution in [0, 0.1) is 0 Å². The molecule has 1 fully saturated rings. The topological polar surface area (TPSA) is 135 Å². The van der Waals surface area contributed by atoms with Gasteiger partial charge in [0.15, 0.2) is 0 Å². The first kappa shape index (κ1) is 21.9. The van der Waals surface area contributed by atoms with Crippen LogP contribution in [0.1, 0.15) is 42.1 Å². The van der Waals surface area contributed by atoms with Crippen molar-refractivity contribution < 1.29 is 24.3 Å². The molecule has 1 atom stereocenters. The SMILES string of the molecule is CCC1(c2ccc(NC(=O)n3cc(C(=O)O)c(=O)c4ccccc43)cc2)CCC(=O)NC1=O. The second kappa shape index (κ2) is 8.34. The molecule has 0 spiro atoms. The number of aromatic nitrogens is 1. The number of piperidine rings is 1. The maximum absolute atomic E-state index is 13.0. The van der Waals surface area contributed by atoms with Crippen LogP contribution in [0.5, 0.6) is 0 Å². The summed E-state index contributed by atoms with van der Waals surface area (Å²) in [7, 11) is 0. The number of carboxylic acid groups (broad SMARTS) is 1. The fourth-order valence-corrected chi connectivity index (χ4v) is 4.22. The molecule has 1 aromatic heterocycles. The minimum absolute atomic E-state index is 0.116. The summed E-state index contributed by atoms with van der Waals surface area (Å²) in [6.07, 6.45) is 2.18. The maximum atomic E-state index is 13.0. The normalized spacial score (nSPS) is 18.1. The molecule has 3 N–H and O–H groups in total. The Kier molecular flexibility index (Phi) is 5.55. The number of carbonyl (C=O) groups excluding carboxylic acids is 3. The molecule has 0 saturated carbocycles. The Bertz CT molecular complexity index is 1360. The molecule has 3 aromatic rings. The van der Waals surface area contributed by atoms with Crippen molar-refractivity contribution in [1.82, 2.24) is 9.88 Å². The van der Waals surface area contributed by atoms with Gasteiger partial charge < -0.3 is 10.4 Å². The Balaban J connectivity index is 1.65. The first-order chi connectivity index (χ1) is 15.8. The number of imide groups is 1. The van der Waals surface area contributed by atoms with Gasteiger partial charge in [0.05, 0.1) is 10.9 Å². The molecule has 4 rings (SSSR count). The molecule has 2 aromatic carbocycles. The second-order valence-corrected chi connectivity index (χ2v) is 7.88. The van der Waals surface area contributed by atoms with Crippen molar-refractivity contribution in [3.63, 3.8) is 0 Å². The number of nitrogens with zero attached hydrogens (tertiary/aromatic N) is 1. The van der Waals surface area contributed by atoms with Gasteiger partial charge in [0.25, 0.3) is 0 Å². The monoisotopic (exact) mass is 447 g/mol. The van der Waals surface area contributed by atoms with Crippen LogP contribution >= 0.6 is 0 Å². The first-order valence-corrected chi connectivity index (χ1v) is 10.4. The van der Waals surface area contributed by atoms with Crippen LogP contribution in [0.4, 0.5) is 10.5 Å². The number of hydrogen-bond acceptors (Lipinski definition) is 5. The largest absolute Gasteiger partial charge is 0.477 e. The summed E-state index contributed by atoms with van der Waals surface area (Å²) in [6, 6.07) is 12.3. The lowest BCUT2D eigenvalue weighted by Gasteiger charge is -2.35. The molecule has 9 nitrogen and oxygen atoms in total. The maximum Gasteiger partial charge on any atom is 0.341 e. The number of amides is 3. The summed E-state index contributed by atoms with van der Waals surface area (Å²) in [5.74, 6) is -2.05. The van der Waals surface area contributed by atoms with E-state index in [1.807, 2.05) is 6.92 Å². The number of benzene rings is 2. The summed E-state index contributed by atoms with van der Waals surface area (Å²) in [5, 5.41) is 14.6. The van der Waals surface area contributed by atoms with Crippen LogP contribution in [-0.4, -0.2) is 33.5 Å². The van der Waals surface area contributed by atoms with Crippen LogP contribution in [0.2, 0.25) is 0 Å². The fraction of sp³-hybridized carbons (Fsp3) is 0.208. The number of fused-ring (bicyclic) bond motifs is 1. The molecular weight excluding hydrogens is 426 g/mol. The van der Waals surface area contributed by atoms with Crippen LogP contribution in [0.25, 0.3) is 10.9 Å². The predicted molar refractivity (Wildman–Crippen MR) is 120 cm³/mol. The third-order valence-electron chi connectivity index (χ3n) is 6.12. The minimum atomic E-state index is -1.43.